The Hall–Kier alpha value is -1.22. The molecular formula is C12H17ClN2O. The van der Waals surface area contributed by atoms with Crippen molar-refractivity contribution in [3.05, 3.63) is 28.8 Å². The number of carbonyl (C=O) groups excluding carboxylic acids is 1. The van der Waals surface area contributed by atoms with Gasteiger partial charge in [0.05, 0.1) is 10.6 Å². The topological polar surface area (TPSA) is 55.1 Å². The highest BCUT2D eigenvalue weighted by Gasteiger charge is 2.13. The van der Waals surface area contributed by atoms with Crippen LogP contribution in [-0.2, 0) is 0 Å². The number of carbonyl (C=O) groups is 1. The first-order valence-corrected chi connectivity index (χ1v) is 5.82. The van der Waals surface area contributed by atoms with Crippen LogP contribution in [0.2, 0.25) is 5.02 Å². The van der Waals surface area contributed by atoms with E-state index in [1.54, 1.807) is 18.2 Å². The van der Waals surface area contributed by atoms with Crippen LogP contribution in [0.4, 0.5) is 5.69 Å². The standard InChI is InChI=1S/C12H17ClN2O/c1-3-9(4-2)15-12(16)10-7-8(14)5-6-11(10)13/h5-7,9H,3-4,14H2,1-2H3,(H,15,16). The molecule has 0 aromatic heterocycles. The third kappa shape index (κ3) is 3.14. The lowest BCUT2D eigenvalue weighted by Gasteiger charge is -2.15. The first kappa shape index (κ1) is 12.8. The number of hydrogen-bond donors (Lipinski definition) is 2. The van der Waals surface area contributed by atoms with E-state index < -0.39 is 0 Å². The van der Waals surface area contributed by atoms with Gasteiger partial charge in [-0.1, -0.05) is 25.4 Å². The molecule has 0 atom stereocenters. The summed E-state index contributed by atoms with van der Waals surface area (Å²) in [6.45, 7) is 4.07. The number of nitrogens with two attached hydrogens (primary N) is 1. The van der Waals surface area contributed by atoms with Crippen LogP contribution in [0.5, 0.6) is 0 Å². The van der Waals surface area contributed by atoms with Crippen LogP contribution in [0.1, 0.15) is 37.0 Å². The zero-order chi connectivity index (χ0) is 12.1. The number of benzene rings is 1. The monoisotopic (exact) mass is 240 g/mol. The molecule has 0 heterocycles. The molecule has 3 nitrogen and oxygen atoms in total. The molecule has 1 amide bonds. The Morgan fingerprint density at radius 1 is 1.44 bits per heavy atom. The molecule has 1 rings (SSSR count). The quantitative estimate of drug-likeness (QED) is 0.796. The van der Waals surface area contributed by atoms with Crippen molar-refractivity contribution >= 4 is 23.2 Å². The molecule has 16 heavy (non-hydrogen) atoms. The van der Waals surface area contributed by atoms with Gasteiger partial charge in [-0.15, -0.1) is 0 Å². The van der Waals surface area contributed by atoms with E-state index in [2.05, 4.69) is 5.32 Å². The predicted octanol–water partition coefficient (Wildman–Crippen LogP) is 2.84. The van der Waals surface area contributed by atoms with Gasteiger partial charge < -0.3 is 11.1 Å². The van der Waals surface area contributed by atoms with Gasteiger partial charge in [0.1, 0.15) is 0 Å². The number of halogens is 1. The van der Waals surface area contributed by atoms with Crippen LogP contribution >= 0.6 is 11.6 Å². The first-order valence-electron chi connectivity index (χ1n) is 5.44. The van der Waals surface area contributed by atoms with Gasteiger partial charge in [0.25, 0.3) is 5.91 Å². The minimum atomic E-state index is -0.161. The summed E-state index contributed by atoms with van der Waals surface area (Å²) in [6.07, 6.45) is 1.81. The lowest BCUT2D eigenvalue weighted by atomic mass is 10.1. The van der Waals surface area contributed by atoms with Crippen LogP contribution in [0.3, 0.4) is 0 Å². The number of hydrogen-bond acceptors (Lipinski definition) is 2. The maximum Gasteiger partial charge on any atom is 0.253 e. The number of anilines is 1. The highest BCUT2D eigenvalue weighted by Crippen LogP contribution is 2.19. The van der Waals surface area contributed by atoms with Crippen LogP contribution in [0, 0.1) is 0 Å². The Kier molecular flexibility index (Phi) is 4.62. The molecule has 4 heteroatoms. The summed E-state index contributed by atoms with van der Waals surface area (Å²) in [6, 6.07) is 5.10. The van der Waals surface area contributed by atoms with E-state index in [0.29, 0.717) is 16.3 Å². The molecule has 3 N–H and O–H groups in total. The summed E-state index contributed by atoms with van der Waals surface area (Å²) in [7, 11) is 0. The fraction of sp³-hybridized carbons (Fsp3) is 0.417. The van der Waals surface area contributed by atoms with Gasteiger partial charge in [-0.3, -0.25) is 4.79 Å². The molecule has 0 spiro atoms. The van der Waals surface area contributed by atoms with Gasteiger partial charge in [0.2, 0.25) is 0 Å². The summed E-state index contributed by atoms with van der Waals surface area (Å²) >= 11 is 5.94. The second-order valence-corrected chi connectivity index (χ2v) is 4.13. The fourth-order valence-electron chi connectivity index (χ4n) is 1.47. The molecule has 88 valence electrons. The average Bonchev–Trinajstić information content (AvgIpc) is 2.28. The summed E-state index contributed by atoms with van der Waals surface area (Å²) in [5.74, 6) is -0.161. The Labute approximate surface area is 101 Å². The summed E-state index contributed by atoms with van der Waals surface area (Å²) in [5.41, 5.74) is 6.60. The van der Waals surface area contributed by atoms with Gasteiger partial charge >= 0.3 is 0 Å². The number of rotatable bonds is 4. The smallest absolute Gasteiger partial charge is 0.253 e. The Morgan fingerprint density at radius 3 is 2.62 bits per heavy atom. The molecule has 1 aromatic carbocycles. The molecule has 0 aliphatic carbocycles. The Balaban J connectivity index is 2.83. The maximum absolute atomic E-state index is 11.9. The second-order valence-electron chi connectivity index (χ2n) is 3.73. The summed E-state index contributed by atoms with van der Waals surface area (Å²) in [4.78, 5) is 11.9. The van der Waals surface area contributed by atoms with Crippen LogP contribution in [0.25, 0.3) is 0 Å². The molecular weight excluding hydrogens is 224 g/mol. The van der Waals surface area contributed by atoms with Crippen molar-refractivity contribution in [2.45, 2.75) is 32.7 Å². The van der Waals surface area contributed by atoms with E-state index >= 15 is 0 Å². The third-order valence-corrected chi connectivity index (χ3v) is 2.89. The number of amides is 1. The van der Waals surface area contributed by atoms with Crippen LogP contribution in [-0.4, -0.2) is 11.9 Å². The Bertz CT molecular complexity index is 375. The summed E-state index contributed by atoms with van der Waals surface area (Å²) in [5, 5.41) is 3.35. The van der Waals surface area contributed by atoms with E-state index in [4.69, 9.17) is 17.3 Å². The SMILES string of the molecule is CCC(CC)NC(=O)c1cc(N)ccc1Cl. The van der Waals surface area contributed by atoms with Crippen molar-refractivity contribution in [3.8, 4) is 0 Å². The molecule has 0 aliphatic rings. The second kappa shape index (κ2) is 5.75. The number of nitrogens with one attached hydrogen (secondary N) is 1. The Morgan fingerprint density at radius 2 is 2.06 bits per heavy atom. The van der Waals surface area contributed by atoms with Crippen molar-refractivity contribution in [1.82, 2.24) is 5.32 Å². The highest BCUT2D eigenvalue weighted by molar-refractivity contribution is 6.34. The van der Waals surface area contributed by atoms with Crippen molar-refractivity contribution in [2.75, 3.05) is 5.73 Å². The lowest BCUT2D eigenvalue weighted by molar-refractivity contribution is 0.0935. The molecule has 0 saturated heterocycles. The van der Waals surface area contributed by atoms with Gasteiger partial charge in [-0.25, -0.2) is 0 Å². The minimum Gasteiger partial charge on any atom is -0.399 e. The van der Waals surface area contributed by atoms with Gasteiger partial charge in [0.15, 0.2) is 0 Å². The minimum absolute atomic E-state index is 0.161. The number of nitrogen functional groups attached to an aromatic ring is 1. The molecule has 1 aromatic rings. The molecule has 0 radical (unpaired) electrons. The molecule has 0 unspecified atom stereocenters. The van der Waals surface area contributed by atoms with Crippen molar-refractivity contribution in [1.29, 1.82) is 0 Å². The summed E-state index contributed by atoms with van der Waals surface area (Å²) < 4.78 is 0. The van der Waals surface area contributed by atoms with E-state index in [-0.39, 0.29) is 11.9 Å². The van der Waals surface area contributed by atoms with E-state index in [1.807, 2.05) is 13.8 Å². The average molecular weight is 241 g/mol. The van der Waals surface area contributed by atoms with Crippen molar-refractivity contribution in [3.63, 3.8) is 0 Å². The lowest BCUT2D eigenvalue weighted by Crippen LogP contribution is -2.34. The maximum atomic E-state index is 11.9. The van der Waals surface area contributed by atoms with Crippen LogP contribution in [0.15, 0.2) is 18.2 Å². The van der Waals surface area contributed by atoms with Gasteiger partial charge in [-0.05, 0) is 31.0 Å². The van der Waals surface area contributed by atoms with Crippen molar-refractivity contribution < 1.29 is 4.79 Å². The zero-order valence-electron chi connectivity index (χ0n) is 9.59. The van der Waals surface area contributed by atoms with Crippen LogP contribution < -0.4 is 11.1 Å². The third-order valence-electron chi connectivity index (χ3n) is 2.56. The molecule has 0 fully saturated rings. The van der Waals surface area contributed by atoms with E-state index in [1.165, 1.54) is 0 Å². The molecule has 0 bridgehead atoms. The first-order chi connectivity index (χ1) is 7.58. The molecule has 0 saturated carbocycles. The van der Waals surface area contributed by atoms with Gasteiger partial charge in [0, 0.05) is 11.7 Å². The van der Waals surface area contributed by atoms with E-state index in [0.717, 1.165) is 12.8 Å². The predicted molar refractivity (Wildman–Crippen MR) is 67.7 cm³/mol. The van der Waals surface area contributed by atoms with Crippen molar-refractivity contribution in [2.24, 2.45) is 0 Å². The molecule has 0 aliphatic heterocycles. The fourth-order valence-corrected chi connectivity index (χ4v) is 1.68. The highest BCUT2D eigenvalue weighted by atomic mass is 35.5. The van der Waals surface area contributed by atoms with E-state index in [9.17, 15) is 4.79 Å². The largest absolute Gasteiger partial charge is 0.399 e. The zero-order valence-corrected chi connectivity index (χ0v) is 10.3. The normalized spacial score (nSPS) is 10.5. The van der Waals surface area contributed by atoms with Gasteiger partial charge in [-0.2, -0.15) is 0 Å².